The van der Waals surface area contributed by atoms with E-state index in [0.717, 1.165) is 6.54 Å². The van der Waals surface area contributed by atoms with Crippen molar-refractivity contribution in [2.45, 2.75) is 29.0 Å². The number of carbonyl (C=O) groups excluding carboxylic acids is 1. The standard InChI is InChI=1S/C11H11N5O3S2.C2HF3O2/c12-10-14-15-11(21-10)20-4-1-3-2-13-5-6(3)16(8(5)17)7(4)9(18)19;3-2(4,5)1(6)7/h3,5-6,13H,1-2H2,(H2,12,14)(H,18,19);(H,6,7)/t3-,5+,6-;/m1./s1. The van der Waals surface area contributed by atoms with Gasteiger partial charge in [-0.1, -0.05) is 23.1 Å². The molecule has 0 unspecified atom stereocenters. The first kappa shape index (κ1) is 20.3. The van der Waals surface area contributed by atoms with Crippen molar-refractivity contribution in [3.05, 3.63) is 10.6 Å². The van der Waals surface area contributed by atoms with E-state index < -0.39 is 18.1 Å². The normalized spacial score (nSPS) is 25.6. The van der Waals surface area contributed by atoms with Crippen LogP contribution in [0, 0.1) is 5.92 Å². The van der Waals surface area contributed by atoms with Gasteiger partial charge < -0.3 is 21.3 Å². The van der Waals surface area contributed by atoms with Crippen molar-refractivity contribution in [3.63, 3.8) is 0 Å². The molecular weight excluding hydrogens is 427 g/mol. The Bertz CT molecular complexity index is 873. The van der Waals surface area contributed by atoms with Crippen LogP contribution in [-0.4, -0.2) is 68.0 Å². The lowest BCUT2D eigenvalue weighted by Gasteiger charge is -2.48. The first-order valence-corrected chi connectivity index (χ1v) is 9.23. The highest BCUT2D eigenvalue weighted by Gasteiger charge is 2.59. The number of aliphatic carboxylic acids is 2. The first-order chi connectivity index (χ1) is 13.0. The molecule has 2 saturated heterocycles. The van der Waals surface area contributed by atoms with E-state index in [4.69, 9.17) is 15.6 Å². The van der Waals surface area contributed by atoms with Gasteiger partial charge in [0.1, 0.15) is 11.7 Å². The Morgan fingerprint density at radius 3 is 2.46 bits per heavy atom. The maximum absolute atomic E-state index is 12.1. The number of carboxylic acid groups (broad SMARTS) is 2. The molecule has 3 aliphatic heterocycles. The lowest BCUT2D eigenvalue weighted by atomic mass is 9.82. The van der Waals surface area contributed by atoms with Gasteiger partial charge in [0.25, 0.3) is 0 Å². The predicted molar refractivity (Wildman–Crippen MR) is 89.1 cm³/mol. The maximum Gasteiger partial charge on any atom is 0.490 e. The number of carbonyl (C=O) groups is 3. The molecule has 5 N–H and O–H groups in total. The number of halogens is 3. The Hall–Kier alpha value is -2.39. The molecular formula is C13H12F3N5O5S2. The summed E-state index contributed by atoms with van der Waals surface area (Å²) in [5.41, 5.74) is 5.63. The van der Waals surface area contributed by atoms with Crippen LogP contribution >= 0.6 is 23.1 Å². The quantitative estimate of drug-likeness (QED) is 0.484. The van der Waals surface area contributed by atoms with E-state index >= 15 is 0 Å². The van der Waals surface area contributed by atoms with E-state index in [0.29, 0.717) is 20.8 Å². The van der Waals surface area contributed by atoms with Crippen molar-refractivity contribution in [1.82, 2.24) is 20.4 Å². The SMILES string of the molecule is Nc1nnc(SC2=C(C(=O)O)N3C(=O)[C@H]4NC[C@@H](C2)[C@H]43)s1.O=C(O)C(F)(F)F. The molecule has 1 aromatic rings. The fraction of sp³-hybridized carbons (Fsp3) is 0.462. The molecule has 0 radical (unpaired) electrons. The highest BCUT2D eigenvalue weighted by Crippen LogP contribution is 2.48. The molecule has 10 nitrogen and oxygen atoms in total. The Morgan fingerprint density at radius 2 is 1.96 bits per heavy atom. The molecule has 0 saturated carbocycles. The molecule has 3 aliphatic rings. The molecule has 28 heavy (non-hydrogen) atoms. The Morgan fingerprint density at radius 1 is 1.32 bits per heavy atom. The third-order valence-corrected chi connectivity index (χ3v) is 6.17. The zero-order valence-corrected chi connectivity index (χ0v) is 15.3. The molecule has 4 heterocycles. The summed E-state index contributed by atoms with van der Waals surface area (Å²) in [6.45, 7) is 0.729. The Balaban J connectivity index is 0.000000279. The average Bonchev–Trinajstić information content (AvgIpc) is 3.17. The van der Waals surface area contributed by atoms with Gasteiger partial charge in [-0.25, -0.2) is 9.59 Å². The van der Waals surface area contributed by atoms with E-state index in [1.165, 1.54) is 28.0 Å². The van der Waals surface area contributed by atoms with Crippen LogP contribution in [0.3, 0.4) is 0 Å². The van der Waals surface area contributed by atoms with Crippen LogP contribution in [0.2, 0.25) is 0 Å². The highest BCUT2D eigenvalue weighted by molar-refractivity contribution is 8.04. The Kier molecular flexibility index (Phi) is 5.24. The number of nitrogens with two attached hydrogens (primary N) is 1. The number of allylic oxidation sites excluding steroid dienone is 1. The monoisotopic (exact) mass is 439 g/mol. The number of nitrogen functional groups attached to an aromatic ring is 1. The number of amides is 1. The summed E-state index contributed by atoms with van der Waals surface area (Å²) in [7, 11) is 0. The van der Waals surface area contributed by atoms with Gasteiger partial charge in [0, 0.05) is 11.4 Å². The second kappa shape index (κ2) is 7.21. The number of hydrogen-bond donors (Lipinski definition) is 4. The van der Waals surface area contributed by atoms with Gasteiger partial charge in [-0.05, 0) is 12.3 Å². The second-order valence-electron chi connectivity index (χ2n) is 5.94. The number of alkyl halides is 3. The topological polar surface area (TPSA) is 159 Å². The van der Waals surface area contributed by atoms with E-state index in [1.54, 1.807) is 0 Å². The van der Waals surface area contributed by atoms with Crippen LogP contribution in [-0.2, 0) is 14.4 Å². The lowest BCUT2D eigenvalue weighted by Crippen LogP contribution is -2.68. The minimum Gasteiger partial charge on any atom is -0.477 e. The van der Waals surface area contributed by atoms with Crippen molar-refractivity contribution in [2.75, 3.05) is 12.3 Å². The molecule has 0 spiro atoms. The molecule has 4 rings (SSSR count). The van der Waals surface area contributed by atoms with Crippen molar-refractivity contribution >= 4 is 46.1 Å². The summed E-state index contributed by atoms with van der Waals surface area (Å²) in [5, 5.41) is 27.7. The van der Waals surface area contributed by atoms with Gasteiger partial charge in [0.15, 0.2) is 4.34 Å². The van der Waals surface area contributed by atoms with E-state index in [9.17, 15) is 27.9 Å². The summed E-state index contributed by atoms with van der Waals surface area (Å²) in [6, 6.07) is -0.236. The van der Waals surface area contributed by atoms with Crippen molar-refractivity contribution in [3.8, 4) is 0 Å². The molecule has 1 amide bonds. The van der Waals surface area contributed by atoms with Crippen LogP contribution in [0.1, 0.15) is 6.42 Å². The number of thioether (sulfide) groups is 1. The molecule has 2 fully saturated rings. The molecule has 0 aromatic carbocycles. The number of anilines is 1. The number of nitrogens with zero attached hydrogens (tertiary/aromatic N) is 3. The largest absolute Gasteiger partial charge is 0.490 e. The van der Waals surface area contributed by atoms with Gasteiger partial charge in [-0.15, -0.1) is 10.2 Å². The van der Waals surface area contributed by atoms with E-state index in [2.05, 4.69) is 15.5 Å². The minimum atomic E-state index is -5.08. The fourth-order valence-corrected chi connectivity index (χ4v) is 5.14. The van der Waals surface area contributed by atoms with Gasteiger partial charge in [0.05, 0.1) is 6.04 Å². The number of rotatable bonds is 3. The van der Waals surface area contributed by atoms with Gasteiger partial charge in [0.2, 0.25) is 11.0 Å². The molecule has 152 valence electrons. The summed E-state index contributed by atoms with van der Waals surface area (Å²) in [4.78, 5) is 34.6. The maximum atomic E-state index is 12.1. The van der Waals surface area contributed by atoms with Gasteiger partial charge in [-0.3, -0.25) is 9.69 Å². The van der Waals surface area contributed by atoms with Crippen molar-refractivity contribution < 1.29 is 37.8 Å². The van der Waals surface area contributed by atoms with E-state index in [-0.39, 0.29) is 29.6 Å². The van der Waals surface area contributed by atoms with Crippen LogP contribution < -0.4 is 11.1 Å². The summed E-state index contributed by atoms with van der Waals surface area (Å²) < 4.78 is 32.3. The predicted octanol–water partition coefficient (Wildman–Crippen LogP) is 0.344. The zero-order chi connectivity index (χ0) is 20.8. The number of carboxylic acids is 2. The molecule has 15 heteroatoms. The molecule has 0 aliphatic carbocycles. The number of nitrogens with one attached hydrogen (secondary N) is 1. The summed E-state index contributed by atoms with van der Waals surface area (Å²) >= 11 is 2.45. The smallest absolute Gasteiger partial charge is 0.477 e. The number of aromatic nitrogens is 2. The van der Waals surface area contributed by atoms with E-state index in [1.807, 2.05) is 0 Å². The van der Waals surface area contributed by atoms with Crippen LogP contribution in [0.4, 0.5) is 18.3 Å². The Labute approximate surface area is 162 Å². The molecule has 0 bridgehead atoms. The number of β-lactam (4-membered cyclic amide) rings is 1. The summed E-state index contributed by atoms with van der Waals surface area (Å²) in [6.07, 6.45) is -4.45. The average molecular weight is 439 g/mol. The zero-order valence-electron chi connectivity index (χ0n) is 13.6. The van der Waals surface area contributed by atoms with Crippen molar-refractivity contribution in [2.24, 2.45) is 5.92 Å². The van der Waals surface area contributed by atoms with Crippen LogP contribution in [0.5, 0.6) is 0 Å². The third-order valence-electron chi connectivity index (χ3n) is 4.26. The lowest BCUT2D eigenvalue weighted by molar-refractivity contribution is -0.192. The van der Waals surface area contributed by atoms with Gasteiger partial charge in [-0.2, -0.15) is 13.2 Å². The molecule has 1 aromatic heterocycles. The third kappa shape index (κ3) is 3.64. The fourth-order valence-electron chi connectivity index (χ4n) is 3.20. The van der Waals surface area contributed by atoms with Gasteiger partial charge >= 0.3 is 18.1 Å². The van der Waals surface area contributed by atoms with Crippen molar-refractivity contribution in [1.29, 1.82) is 0 Å². The number of hydrogen-bond acceptors (Lipinski definition) is 9. The van der Waals surface area contributed by atoms with Crippen LogP contribution in [0.25, 0.3) is 0 Å². The molecule has 3 atom stereocenters. The van der Waals surface area contributed by atoms with Crippen LogP contribution in [0.15, 0.2) is 14.9 Å². The highest BCUT2D eigenvalue weighted by atomic mass is 32.2. The minimum absolute atomic E-state index is 0.0209. The summed E-state index contributed by atoms with van der Waals surface area (Å²) in [5.74, 6) is -3.74. The first-order valence-electron chi connectivity index (χ1n) is 7.60. The second-order valence-corrected chi connectivity index (χ2v) is 8.29.